The number of fused-ring (bicyclic) bond motifs is 1. The van der Waals surface area contributed by atoms with Crippen LogP contribution in [0.15, 0.2) is 82.8 Å². The van der Waals surface area contributed by atoms with Gasteiger partial charge in [0.1, 0.15) is 36.2 Å². The van der Waals surface area contributed by atoms with E-state index in [0.29, 0.717) is 29.4 Å². The lowest BCUT2D eigenvalue weighted by molar-refractivity contribution is -0.135. The fraction of sp³-hybridized carbons (Fsp3) is 0.241. The van der Waals surface area contributed by atoms with Crippen LogP contribution in [0, 0.1) is 5.82 Å². The minimum atomic E-state index is -0.389. The summed E-state index contributed by atoms with van der Waals surface area (Å²) in [5.74, 6) is 0.605. The molecule has 4 aromatic rings. The highest BCUT2D eigenvalue weighted by atomic mass is 32.1. The number of furan rings is 1. The van der Waals surface area contributed by atoms with E-state index >= 15 is 0 Å². The molecule has 38 heavy (non-hydrogen) atoms. The average molecular weight is 535 g/mol. The van der Waals surface area contributed by atoms with E-state index in [9.17, 15) is 14.0 Å². The van der Waals surface area contributed by atoms with Crippen molar-refractivity contribution in [2.75, 3.05) is 26.8 Å². The van der Waals surface area contributed by atoms with Gasteiger partial charge in [-0.1, -0.05) is 12.1 Å². The first-order valence-electron chi connectivity index (χ1n) is 12.2. The molecule has 2 aromatic heterocycles. The molecule has 196 valence electrons. The van der Waals surface area contributed by atoms with Gasteiger partial charge in [0, 0.05) is 23.1 Å². The highest BCUT2D eigenvalue weighted by Crippen LogP contribution is 2.34. The van der Waals surface area contributed by atoms with Gasteiger partial charge in [-0.3, -0.25) is 9.59 Å². The zero-order valence-electron chi connectivity index (χ0n) is 20.8. The average Bonchev–Trinajstić information content (AvgIpc) is 3.63. The number of methoxy groups -OCH3 is 1. The molecule has 0 saturated carbocycles. The molecule has 5 rings (SSSR count). The van der Waals surface area contributed by atoms with Crippen LogP contribution in [0.1, 0.15) is 32.6 Å². The quantitative estimate of drug-likeness (QED) is 0.290. The molecule has 0 spiro atoms. The fourth-order valence-electron chi connectivity index (χ4n) is 4.59. The first-order valence-corrected chi connectivity index (χ1v) is 13.1. The van der Waals surface area contributed by atoms with E-state index in [1.165, 1.54) is 35.3 Å². The number of halogens is 1. The fourth-order valence-corrected chi connectivity index (χ4v) is 5.52. The molecule has 0 unspecified atom stereocenters. The number of hydrogen-bond donors (Lipinski definition) is 0. The molecule has 2 amide bonds. The molecule has 0 aliphatic carbocycles. The number of carbonyl (C=O) groups excluding carboxylic acids is 2. The van der Waals surface area contributed by atoms with Crippen molar-refractivity contribution in [3.63, 3.8) is 0 Å². The number of hydrogen-bond acceptors (Lipinski definition) is 6. The van der Waals surface area contributed by atoms with Gasteiger partial charge in [-0.15, -0.1) is 11.3 Å². The highest BCUT2D eigenvalue weighted by molar-refractivity contribution is 7.10. The number of thiophene rings is 1. The molecular weight excluding hydrogens is 507 g/mol. The van der Waals surface area contributed by atoms with Gasteiger partial charge in [-0.05, 0) is 65.9 Å². The Morgan fingerprint density at radius 2 is 1.95 bits per heavy atom. The molecular formula is C29H27FN2O5S. The van der Waals surface area contributed by atoms with Gasteiger partial charge in [0.05, 0.1) is 26.0 Å². The second kappa shape index (κ2) is 11.5. The summed E-state index contributed by atoms with van der Waals surface area (Å²) in [4.78, 5) is 31.7. The summed E-state index contributed by atoms with van der Waals surface area (Å²) >= 11 is 1.65. The van der Waals surface area contributed by atoms with E-state index in [-0.39, 0.29) is 43.4 Å². The number of amides is 2. The first-order chi connectivity index (χ1) is 18.5. The summed E-state index contributed by atoms with van der Waals surface area (Å²) in [5.41, 5.74) is 1.43. The van der Waals surface area contributed by atoms with E-state index in [2.05, 4.69) is 0 Å². The third kappa shape index (κ3) is 5.73. The van der Waals surface area contributed by atoms with Crippen LogP contribution in [0.5, 0.6) is 11.5 Å². The van der Waals surface area contributed by atoms with E-state index in [1.54, 1.807) is 64.8 Å². The molecule has 9 heteroatoms. The van der Waals surface area contributed by atoms with Crippen LogP contribution in [0.2, 0.25) is 0 Å². The predicted molar refractivity (Wildman–Crippen MR) is 141 cm³/mol. The maximum atomic E-state index is 13.8. The van der Waals surface area contributed by atoms with Crippen molar-refractivity contribution < 1.29 is 27.9 Å². The Bertz CT molecular complexity index is 1400. The molecule has 0 saturated heterocycles. The van der Waals surface area contributed by atoms with Crippen molar-refractivity contribution in [3.05, 3.63) is 106 Å². The lowest BCUT2D eigenvalue weighted by Crippen LogP contribution is -2.47. The van der Waals surface area contributed by atoms with Crippen LogP contribution in [-0.4, -0.2) is 48.4 Å². The van der Waals surface area contributed by atoms with Crippen molar-refractivity contribution in [3.8, 4) is 11.5 Å². The zero-order chi connectivity index (χ0) is 26.5. The molecule has 1 aliphatic heterocycles. The van der Waals surface area contributed by atoms with Crippen LogP contribution < -0.4 is 9.47 Å². The van der Waals surface area contributed by atoms with Crippen LogP contribution in [-0.2, 0) is 17.8 Å². The second-order valence-electron chi connectivity index (χ2n) is 8.89. The Kier molecular flexibility index (Phi) is 7.74. The normalized spacial score (nSPS) is 14.6. The van der Waals surface area contributed by atoms with Crippen LogP contribution in [0.3, 0.4) is 0 Å². The summed E-state index contributed by atoms with van der Waals surface area (Å²) in [6.07, 6.45) is 2.26. The van der Waals surface area contributed by atoms with Crippen LogP contribution >= 0.6 is 11.3 Å². The van der Waals surface area contributed by atoms with Crippen molar-refractivity contribution in [1.82, 2.24) is 9.80 Å². The van der Waals surface area contributed by atoms with Gasteiger partial charge >= 0.3 is 0 Å². The van der Waals surface area contributed by atoms with E-state index < -0.39 is 0 Å². The minimum absolute atomic E-state index is 0.136. The van der Waals surface area contributed by atoms with Crippen molar-refractivity contribution >= 4 is 23.2 Å². The Morgan fingerprint density at radius 1 is 1.11 bits per heavy atom. The number of carbonyl (C=O) groups is 2. The Hall–Kier alpha value is -4.11. The third-order valence-electron chi connectivity index (χ3n) is 6.48. The van der Waals surface area contributed by atoms with Crippen molar-refractivity contribution in [2.45, 2.75) is 19.0 Å². The molecule has 1 atom stereocenters. The van der Waals surface area contributed by atoms with Crippen LogP contribution in [0.4, 0.5) is 4.39 Å². The van der Waals surface area contributed by atoms with E-state index in [0.717, 1.165) is 12.0 Å². The zero-order valence-corrected chi connectivity index (χ0v) is 21.7. The van der Waals surface area contributed by atoms with Gasteiger partial charge in [0.15, 0.2) is 0 Å². The van der Waals surface area contributed by atoms with Crippen molar-refractivity contribution in [1.29, 1.82) is 0 Å². The molecule has 7 nitrogen and oxygen atoms in total. The number of rotatable bonds is 9. The van der Waals surface area contributed by atoms with Gasteiger partial charge in [0.25, 0.3) is 5.91 Å². The SMILES string of the molecule is COc1cccc(C(=O)N(CC(=O)N2CCc3sccc3[C@@H]2COc2cccc(F)c2)Cc2ccco2)c1. The minimum Gasteiger partial charge on any atom is -0.497 e. The lowest BCUT2D eigenvalue weighted by Gasteiger charge is -2.37. The predicted octanol–water partition coefficient (Wildman–Crippen LogP) is 5.34. The smallest absolute Gasteiger partial charge is 0.254 e. The summed E-state index contributed by atoms with van der Waals surface area (Å²) in [5, 5.41) is 2.00. The maximum Gasteiger partial charge on any atom is 0.254 e. The standard InChI is InChI=1S/C29H27FN2O5S/c1-35-22-7-2-5-20(15-22)29(34)31(17-24-9-4-13-36-24)18-28(33)32-12-10-27-25(11-14-38-27)26(32)19-37-23-8-3-6-21(30)16-23/h2-9,11,13-16,26H,10,12,17-19H2,1H3/t26-/m0/s1. The Balaban J connectivity index is 1.38. The molecule has 3 heterocycles. The molecule has 0 fully saturated rings. The largest absolute Gasteiger partial charge is 0.497 e. The van der Waals surface area contributed by atoms with E-state index in [1.807, 2.05) is 11.4 Å². The maximum absolute atomic E-state index is 13.8. The number of nitrogens with zero attached hydrogens (tertiary/aromatic N) is 2. The summed E-state index contributed by atoms with van der Waals surface area (Å²) in [6.45, 7) is 0.649. The molecule has 1 aliphatic rings. The van der Waals surface area contributed by atoms with Crippen LogP contribution in [0.25, 0.3) is 0 Å². The number of benzene rings is 2. The summed E-state index contributed by atoms with van der Waals surface area (Å²) in [7, 11) is 1.54. The van der Waals surface area contributed by atoms with Gasteiger partial charge < -0.3 is 23.7 Å². The Morgan fingerprint density at radius 3 is 2.74 bits per heavy atom. The second-order valence-corrected chi connectivity index (χ2v) is 9.89. The van der Waals surface area contributed by atoms with Gasteiger partial charge in [-0.2, -0.15) is 0 Å². The van der Waals surface area contributed by atoms with Crippen molar-refractivity contribution in [2.24, 2.45) is 0 Å². The van der Waals surface area contributed by atoms with Gasteiger partial charge in [-0.25, -0.2) is 4.39 Å². The first kappa shape index (κ1) is 25.5. The molecule has 0 N–H and O–H groups in total. The molecule has 0 bridgehead atoms. The third-order valence-corrected chi connectivity index (χ3v) is 7.47. The monoisotopic (exact) mass is 534 g/mol. The van der Waals surface area contributed by atoms with Gasteiger partial charge in [0.2, 0.25) is 5.91 Å². The lowest BCUT2D eigenvalue weighted by atomic mass is 10.0. The highest BCUT2D eigenvalue weighted by Gasteiger charge is 2.34. The topological polar surface area (TPSA) is 72.2 Å². The molecule has 2 aromatic carbocycles. The summed E-state index contributed by atoms with van der Waals surface area (Å²) in [6, 6.07) is 17.9. The molecule has 0 radical (unpaired) electrons. The number of ether oxygens (including phenoxy) is 2. The Labute approximate surface area is 224 Å². The van der Waals surface area contributed by atoms with E-state index in [4.69, 9.17) is 13.9 Å². The summed E-state index contributed by atoms with van der Waals surface area (Å²) < 4.78 is 30.4.